The minimum Gasteiger partial charge on any atom is -0.375 e. The molecule has 5 nitrogen and oxygen atoms in total. The number of aromatic amines is 1. The van der Waals surface area contributed by atoms with Gasteiger partial charge < -0.3 is 10.1 Å². The third-order valence-corrected chi connectivity index (χ3v) is 3.37. The first-order chi connectivity index (χ1) is 7.72. The number of hydrogen-bond acceptors (Lipinski definition) is 4. The van der Waals surface area contributed by atoms with Gasteiger partial charge in [-0.25, -0.2) is 4.98 Å². The van der Waals surface area contributed by atoms with E-state index in [0.29, 0.717) is 6.04 Å². The van der Waals surface area contributed by atoms with Crippen molar-refractivity contribution in [2.24, 2.45) is 0 Å². The van der Waals surface area contributed by atoms with Crippen molar-refractivity contribution < 1.29 is 4.74 Å². The normalized spacial score (nSPS) is 30.5. The first-order valence-electron chi connectivity index (χ1n) is 5.93. The first kappa shape index (κ1) is 11.5. The molecule has 90 valence electrons. The van der Waals surface area contributed by atoms with E-state index in [9.17, 15) is 0 Å². The molecular weight excluding hydrogens is 204 g/mol. The molecule has 0 radical (unpaired) electrons. The van der Waals surface area contributed by atoms with Crippen molar-refractivity contribution in [1.82, 2.24) is 20.5 Å². The van der Waals surface area contributed by atoms with Crippen molar-refractivity contribution >= 4 is 0 Å². The summed E-state index contributed by atoms with van der Waals surface area (Å²) in [7, 11) is 0. The molecule has 1 aromatic rings. The van der Waals surface area contributed by atoms with Gasteiger partial charge in [0.1, 0.15) is 12.2 Å². The quantitative estimate of drug-likeness (QED) is 0.807. The highest BCUT2D eigenvalue weighted by atomic mass is 16.5. The Balaban J connectivity index is 1.81. The molecule has 5 heteroatoms. The predicted molar refractivity (Wildman–Crippen MR) is 60.9 cm³/mol. The maximum Gasteiger partial charge on any atom is 0.138 e. The smallest absolute Gasteiger partial charge is 0.138 e. The van der Waals surface area contributed by atoms with Gasteiger partial charge in [0.05, 0.1) is 12.1 Å². The number of hydrogen-bond donors (Lipinski definition) is 2. The lowest BCUT2D eigenvalue weighted by Crippen LogP contribution is -2.44. The summed E-state index contributed by atoms with van der Waals surface area (Å²) in [6.45, 7) is 5.97. The Morgan fingerprint density at radius 1 is 1.69 bits per heavy atom. The first-order valence-corrected chi connectivity index (χ1v) is 5.93. The van der Waals surface area contributed by atoms with Gasteiger partial charge >= 0.3 is 0 Å². The molecule has 16 heavy (non-hydrogen) atoms. The van der Waals surface area contributed by atoms with Crippen LogP contribution >= 0.6 is 0 Å². The summed E-state index contributed by atoms with van der Waals surface area (Å²) in [6.07, 6.45) is 4.74. The third-order valence-electron chi connectivity index (χ3n) is 3.37. The number of aromatic nitrogens is 3. The second-order valence-corrected chi connectivity index (χ2v) is 4.65. The predicted octanol–water partition coefficient (Wildman–Crippen LogP) is 1.24. The van der Waals surface area contributed by atoms with Crippen LogP contribution in [0.4, 0.5) is 0 Å². The number of H-pyrrole nitrogens is 1. The zero-order valence-corrected chi connectivity index (χ0v) is 9.99. The van der Waals surface area contributed by atoms with E-state index in [1.165, 1.54) is 6.33 Å². The monoisotopic (exact) mass is 224 g/mol. The summed E-state index contributed by atoms with van der Waals surface area (Å²) in [6, 6.07) is 0.517. The summed E-state index contributed by atoms with van der Waals surface area (Å²) in [5.41, 5.74) is 0.0390. The average Bonchev–Trinajstić information content (AvgIpc) is 2.80. The van der Waals surface area contributed by atoms with Gasteiger partial charge in [-0.05, 0) is 26.2 Å². The van der Waals surface area contributed by atoms with Crippen LogP contribution in [-0.2, 0) is 11.3 Å². The van der Waals surface area contributed by atoms with Crippen LogP contribution in [0.1, 0.15) is 38.9 Å². The summed E-state index contributed by atoms with van der Waals surface area (Å²) in [5.74, 6) is 0.893. The van der Waals surface area contributed by atoms with Gasteiger partial charge in [-0.15, -0.1) is 0 Å². The van der Waals surface area contributed by atoms with Crippen molar-refractivity contribution in [3.05, 3.63) is 12.2 Å². The van der Waals surface area contributed by atoms with E-state index >= 15 is 0 Å². The van der Waals surface area contributed by atoms with Crippen LogP contribution in [0.3, 0.4) is 0 Å². The molecule has 2 rings (SSSR count). The molecule has 0 saturated carbocycles. The van der Waals surface area contributed by atoms with Crippen LogP contribution < -0.4 is 5.32 Å². The fraction of sp³-hybridized carbons (Fsp3) is 0.818. The lowest BCUT2D eigenvalue weighted by Gasteiger charge is -2.38. The van der Waals surface area contributed by atoms with Crippen LogP contribution in [0.25, 0.3) is 0 Å². The van der Waals surface area contributed by atoms with E-state index < -0.39 is 0 Å². The molecule has 1 fully saturated rings. The van der Waals surface area contributed by atoms with Gasteiger partial charge in [-0.3, -0.25) is 5.10 Å². The minimum atomic E-state index is 0.0390. The van der Waals surface area contributed by atoms with Crippen molar-refractivity contribution in [3.8, 4) is 0 Å². The molecule has 1 saturated heterocycles. The molecule has 1 aliphatic heterocycles. The van der Waals surface area contributed by atoms with E-state index in [1.807, 2.05) is 0 Å². The fourth-order valence-corrected chi connectivity index (χ4v) is 2.11. The largest absolute Gasteiger partial charge is 0.375 e. The lowest BCUT2D eigenvalue weighted by molar-refractivity contribution is -0.0781. The Morgan fingerprint density at radius 3 is 3.25 bits per heavy atom. The van der Waals surface area contributed by atoms with Crippen LogP contribution in [0, 0.1) is 0 Å². The number of nitrogens with one attached hydrogen (secondary N) is 2. The zero-order valence-electron chi connectivity index (χ0n) is 9.99. The molecule has 0 aliphatic carbocycles. The van der Waals surface area contributed by atoms with Crippen LogP contribution in [0.15, 0.2) is 6.33 Å². The molecule has 0 aromatic carbocycles. The Bertz CT molecular complexity index is 314. The average molecular weight is 224 g/mol. The molecular formula is C11H20N4O. The van der Waals surface area contributed by atoms with Crippen LogP contribution in [-0.4, -0.2) is 33.4 Å². The molecule has 2 heterocycles. The zero-order chi connectivity index (χ0) is 11.4. The third kappa shape index (κ3) is 2.80. The second-order valence-electron chi connectivity index (χ2n) is 4.65. The van der Waals surface area contributed by atoms with Crippen molar-refractivity contribution in [3.63, 3.8) is 0 Å². The standard InChI is InChI=1S/C11H20N4O/c1-3-11(2)6-9(4-5-16-11)12-7-10-13-8-14-15-10/h8-9,12H,3-7H2,1-2H3,(H,13,14,15). The fourth-order valence-electron chi connectivity index (χ4n) is 2.11. The van der Waals surface area contributed by atoms with E-state index in [0.717, 1.165) is 38.2 Å². The molecule has 2 N–H and O–H groups in total. The number of rotatable bonds is 4. The highest BCUT2D eigenvalue weighted by Gasteiger charge is 2.31. The van der Waals surface area contributed by atoms with Gasteiger partial charge in [0.2, 0.25) is 0 Å². The highest BCUT2D eigenvalue weighted by Crippen LogP contribution is 2.27. The Hall–Kier alpha value is -0.940. The Morgan fingerprint density at radius 2 is 2.56 bits per heavy atom. The summed E-state index contributed by atoms with van der Waals surface area (Å²) in [5, 5.41) is 10.2. The molecule has 2 atom stereocenters. The SMILES string of the molecule is CCC1(C)CC(NCc2ncn[nH]2)CCO1. The van der Waals surface area contributed by atoms with E-state index in [4.69, 9.17) is 4.74 Å². The van der Waals surface area contributed by atoms with Crippen molar-refractivity contribution in [1.29, 1.82) is 0 Å². The molecule has 0 bridgehead atoms. The summed E-state index contributed by atoms with van der Waals surface area (Å²) < 4.78 is 5.81. The second kappa shape index (κ2) is 4.93. The van der Waals surface area contributed by atoms with Gasteiger partial charge in [0.15, 0.2) is 0 Å². The number of ether oxygens (including phenoxy) is 1. The topological polar surface area (TPSA) is 62.8 Å². The maximum absolute atomic E-state index is 5.81. The highest BCUT2D eigenvalue weighted by molar-refractivity contribution is 4.87. The van der Waals surface area contributed by atoms with Crippen molar-refractivity contribution in [2.75, 3.05) is 6.61 Å². The van der Waals surface area contributed by atoms with Gasteiger partial charge in [0.25, 0.3) is 0 Å². The molecule has 0 spiro atoms. The number of nitrogens with zero attached hydrogens (tertiary/aromatic N) is 2. The summed E-state index contributed by atoms with van der Waals surface area (Å²) >= 11 is 0. The Kier molecular flexibility index (Phi) is 3.56. The van der Waals surface area contributed by atoms with Gasteiger partial charge in [-0.2, -0.15) is 5.10 Å². The summed E-state index contributed by atoms with van der Waals surface area (Å²) in [4.78, 5) is 4.10. The van der Waals surface area contributed by atoms with Gasteiger partial charge in [0, 0.05) is 12.6 Å². The van der Waals surface area contributed by atoms with Gasteiger partial charge in [-0.1, -0.05) is 6.92 Å². The lowest BCUT2D eigenvalue weighted by atomic mass is 9.90. The van der Waals surface area contributed by atoms with Crippen LogP contribution in [0.2, 0.25) is 0 Å². The Labute approximate surface area is 96.0 Å². The molecule has 0 amide bonds. The van der Waals surface area contributed by atoms with E-state index in [-0.39, 0.29) is 5.60 Å². The minimum absolute atomic E-state index is 0.0390. The van der Waals surface area contributed by atoms with E-state index in [1.54, 1.807) is 0 Å². The molecule has 1 aromatic heterocycles. The molecule has 2 unspecified atom stereocenters. The van der Waals surface area contributed by atoms with Crippen molar-refractivity contribution in [2.45, 2.75) is 51.3 Å². The van der Waals surface area contributed by atoms with Crippen LogP contribution in [0.5, 0.6) is 0 Å². The van der Waals surface area contributed by atoms with E-state index in [2.05, 4.69) is 34.3 Å². The molecule has 1 aliphatic rings. The maximum atomic E-state index is 5.81.